The van der Waals surface area contributed by atoms with Crippen molar-refractivity contribution in [2.75, 3.05) is 11.9 Å². The highest BCUT2D eigenvalue weighted by molar-refractivity contribution is 9.08. The van der Waals surface area contributed by atoms with E-state index in [4.69, 9.17) is 0 Å². The standard InChI is InChI=1S/C15H13BrF3N/c1-20(9-10-3-2-4-12(17)5-10)15-13(18)6-11(8-16)7-14(15)19/h2-7H,8-9H2,1H3. The summed E-state index contributed by atoms with van der Waals surface area (Å²) in [6.45, 7) is 0.221. The van der Waals surface area contributed by atoms with Gasteiger partial charge in [-0.2, -0.15) is 0 Å². The van der Waals surface area contributed by atoms with Crippen LogP contribution in [0.5, 0.6) is 0 Å². The minimum Gasteiger partial charge on any atom is -0.366 e. The Kier molecular flexibility index (Phi) is 4.70. The van der Waals surface area contributed by atoms with Crippen molar-refractivity contribution in [2.45, 2.75) is 11.9 Å². The second kappa shape index (κ2) is 6.31. The molecule has 0 saturated carbocycles. The Morgan fingerprint density at radius 1 is 1.00 bits per heavy atom. The fourth-order valence-electron chi connectivity index (χ4n) is 2.05. The van der Waals surface area contributed by atoms with E-state index in [2.05, 4.69) is 15.9 Å². The third-order valence-electron chi connectivity index (χ3n) is 2.92. The van der Waals surface area contributed by atoms with E-state index in [0.29, 0.717) is 16.5 Å². The molecule has 2 aromatic carbocycles. The molecule has 0 atom stereocenters. The third-order valence-corrected chi connectivity index (χ3v) is 3.57. The molecule has 0 aromatic heterocycles. The summed E-state index contributed by atoms with van der Waals surface area (Å²) in [4.78, 5) is 1.43. The first-order valence-electron chi connectivity index (χ1n) is 6.00. The molecule has 0 aliphatic rings. The van der Waals surface area contributed by atoms with Crippen LogP contribution in [0.25, 0.3) is 0 Å². The van der Waals surface area contributed by atoms with Crippen LogP contribution >= 0.6 is 15.9 Å². The lowest BCUT2D eigenvalue weighted by Crippen LogP contribution is -2.19. The molecule has 0 aliphatic carbocycles. The molecule has 0 amide bonds. The van der Waals surface area contributed by atoms with E-state index in [-0.39, 0.29) is 18.0 Å². The quantitative estimate of drug-likeness (QED) is 0.731. The summed E-state index contributed by atoms with van der Waals surface area (Å²) in [5, 5.41) is 0.384. The van der Waals surface area contributed by atoms with Crippen LogP contribution in [0, 0.1) is 17.5 Å². The zero-order valence-corrected chi connectivity index (χ0v) is 12.4. The molecule has 0 N–H and O–H groups in total. The summed E-state index contributed by atoms with van der Waals surface area (Å²) in [6, 6.07) is 8.53. The fourth-order valence-corrected chi connectivity index (χ4v) is 2.37. The van der Waals surface area contributed by atoms with E-state index >= 15 is 0 Å². The molecule has 0 bridgehead atoms. The van der Waals surface area contributed by atoms with Gasteiger partial charge in [-0.05, 0) is 35.4 Å². The topological polar surface area (TPSA) is 3.24 Å². The maximum Gasteiger partial charge on any atom is 0.149 e. The molecule has 5 heteroatoms. The molecule has 0 fully saturated rings. The molecule has 0 heterocycles. The first-order chi connectivity index (χ1) is 9.51. The van der Waals surface area contributed by atoms with Gasteiger partial charge < -0.3 is 4.90 Å². The van der Waals surface area contributed by atoms with Gasteiger partial charge in [0, 0.05) is 18.9 Å². The number of nitrogens with zero attached hydrogens (tertiary/aromatic N) is 1. The number of alkyl halides is 1. The van der Waals surface area contributed by atoms with Crippen LogP contribution < -0.4 is 4.90 Å². The number of hydrogen-bond donors (Lipinski definition) is 0. The number of anilines is 1. The van der Waals surface area contributed by atoms with Crippen molar-refractivity contribution in [3.8, 4) is 0 Å². The Morgan fingerprint density at radius 3 is 2.20 bits per heavy atom. The van der Waals surface area contributed by atoms with Gasteiger partial charge in [-0.1, -0.05) is 28.1 Å². The second-order valence-electron chi connectivity index (χ2n) is 4.53. The lowest BCUT2D eigenvalue weighted by Gasteiger charge is -2.21. The molecule has 0 aliphatic heterocycles. The summed E-state index contributed by atoms with van der Waals surface area (Å²) < 4.78 is 41.0. The average Bonchev–Trinajstić information content (AvgIpc) is 2.37. The van der Waals surface area contributed by atoms with Gasteiger partial charge in [0.05, 0.1) is 0 Å². The predicted molar refractivity (Wildman–Crippen MR) is 77.5 cm³/mol. The Labute approximate surface area is 124 Å². The SMILES string of the molecule is CN(Cc1cccc(F)c1)c1c(F)cc(CBr)cc1F. The van der Waals surface area contributed by atoms with Crippen molar-refractivity contribution in [3.63, 3.8) is 0 Å². The van der Waals surface area contributed by atoms with Crippen molar-refractivity contribution in [1.82, 2.24) is 0 Å². The monoisotopic (exact) mass is 343 g/mol. The molecule has 1 nitrogen and oxygen atoms in total. The van der Waals surface area contributed by atoms with Gasteiger partial charge in [0.25, 0.3) is 0 Å². The van der Waals surface area contributed by atoms with Crippen molar-refractivity contribution >= 4 is 21.6 Å². The van der Waals surface area contributed by atoms with Crippen LogP contribution in [-0.2, 0) is 11.9 Å². The van der Waals surface area contributed by atoms with Gasteiger partial charge in [-0.15, -0.1) is 0 Å². The lowest BCUT2D eigenvalue weighted by molar-refractivity contribution is 0.574. The van der Waals surface area contributed by atoms with Gasteiger partial charge in [0.15, 0.2) is 0 Å². The fraction of sp³-hybridized carbons (Fsp3) is 0.200. The van der Waals surface area contributed by atoms with Gasteiger partial charge in [0.1, 0.15) is 23.1 Å². The summed E-state index contributed by atoms with van der Waals surface area (Å²) in [5.74, 6) is -1.62. The molecule has 2 rings (SSSR count). The number of benzene rings is 2. The van der Waals surface area contributed by atoms with E-state index in [9.17, 15) is 13.2 Å². The van der Waals surface area contributed by atoms with E-state index in [0.717, 1.165) is 0 Å². The van der Waals surface area contributed by atoms with E-state index in [1.54, 1.807) is 19.2 Å². The minimum absolute atomic E-state index is 0.112. The van der Waals surface area contributed by atoms with E-state index in [1.807, 2.05) is 0 Å². The summed E-state index contributed by atoms with van der Waals surface area (Å²) >= 11 is 3.16. The lowest BCUT2D eigenvalue weighted by atomic mass is 10.1. The smallest absolute Gasteiger partial charge is 0.149 e. The summed E-state index contributed by atoms with van der Waals surface area (Å²) in [7, 11) is 1.57. The van der Waals surface area contributed by atoms with Crippen molar-refractivity contribution in [2.24, 2.45) is 0 Å². The molecule has 0 spiro atoms. The number of halogens is 4. The summed E-state index contributed by atoms with van der Waals surface area (Å²) in [5.41, 5.74) is 1.07. The second-order valence-corrected chi connectivity index (χ2v) is 5.09. The van der Waals surface area contributed by atoms with Crippen LogP contribution in [0.15, 0.2) is 36.4 Å². The maximum atomic E-state index is 14.0. The van der Waals surface area contributed by atoms with Crippen molar-refractivity contribution in [3.05, 3.63) is 65.0 Å². The Hall–Kier alpha value is -1.49. The highest BCUT2D eigenvalue weighted by atomic mass is 79.9. The van der Waals surface area contributed by atoms with Crippen molar-refractivity contribution in [1.29, 1.82) is 0 Å². The molecule has 0 saturated heterocycles. The van der Waals surface area contributed by atoms with Crippen LogP contribution in [-0.4, -0.2) is 7.05 Å². The molecule has 2 aromatic rings. The third kappa shape index (κ3) is 3.33. The molecular formula is C15H13BrF3N. The molecule has 0 unspecified atom stereocenters. The van der Waals surface area contributed by atoms with Crippen LogP contribution in [0.3, 0.4) is 0 Å². The average molecular weight is 344 g/mol. The first-order valence-corrected chi connectivity index (χ1v) is 7.13. The van der Waals surface area contributed by atoms with E-state index in [1.165, 1.54) is 29.2 Å². The maximum absolute atomic E-state index is 14.0. The molecule has 106 valence electrons. The molecular weight excluding hydrogens is 331 g/mol. The van der Waals surface area contributed by atoms with Crippen LogP contribution in [0.4, 0.5) is 18.9 Å². The van der Waals surface area contributed by atoms with Crippen LogP contribution in [0.1, 0.15) is 11.1 Å². The predicted octanol–water partition coefficient (Wildman–Crippen LogP) is 4.64. The zero-order valence-electron chi connectivity index (χ0n) is 10.8. The Bertz CT molecular complexity index is 593. The van der Waals surface area contributed by atoms with Gasteiger partial charge in [-0.25, -0.2) is 13.2 Å². The molecule has 20 heavy (non-hydrogen) atoms. The van der Waals surface area contributed by atoms with Crippen LogP contribution in [0.2, 0.25) is 0 Å². The molecule has 0 radical (unpaired) electrons. The van der Waals surface area contributed by atoms with Crippen molar-refractivity contribution < 1.29 is 13.2 Å². The highest BCUT2D eigenvalue weighted by Crippen LogP contribution is 2.26. The Morgan fingerprint density at radius 2 is 1.65 bits per heavy atom. The largest absolute Gasteiger partial charge is 0.366 e. The minimum atomic E-state index is -0.627. The van der Waals surface area contributed by atoms with Gasteiger partial charge >= 0.3 is 0 Å². The summed E-state index contributed by atoms with van der Waals surface area (Å²) in [6.07, 6.45) is 0. The van der Waals surface area contributed by atoms with Gasteiger partial charge in [0.2, 0.25) is 0 Å². The first kappa shape index (κ1) is 14.9. The number of rotatable bonds is 4. The Balaban J connectivity index is 2.27. The van der Waals surface area contributed by atoms with E-state index < -0.39 is 11.6 Å². The van der Waals surface area contributed by atoms with Gasteiger partial charge in [-0.3, -0.25) is 0 Å². The normalized spacial score (nSPS) is 10.7. The zero-order chi connectivity index (χ0) is 14.7. The highest BCUT2D eigenvalue weighted by Gasteiger charge is 2.15. The number of hydrogen-bond acceptors (Lipinski definition) is 1.